The Kier molecular flexibility index (Phi) is 5.53. The highest BCUT2D eigenvalue weighted by Crippen LogP contribution is 2.39. The number of hydrogen-bond acceptors (Lipinski definition) is 10. The number of anilines is 4. The summed E-state index contributed by atoms with van der Waals surface area (Å²) in [5, 5.41) is 14.9. The van der Waals surface area contributed by atoms with Crippen molar-refractivity contribution < 1.29 is 9.26 Å². The van der Waals surface area contributed by atoms with Gasteiger partial charge in [-0.1, -0.05) is 5.16 Å². The first-order valence-electron chi connectivity index (χ1n) is 11.8. The van der Waals surface area contributed by atoms with Crippen LogP contribution in [0.2, 0.25) is 0 Å². The molecule has 0 amide bonds. The molecule has 4 aromatic heterocycles. The zero-order chi connectivity index (χ0) is 23.8. The number of aromatic amines is 1. The number of H-pyrrole nitrogens is 1. The molecule has 0 spiro atoms. The summed E-state index contributed by atoms with van der Waals surface area (Å²) in [4.78, 5) is 18.5. The molecule has 1 unspecified atom stereocenters. The summed E-state index contributed by atoms with van der Waals surface area (Å²) in [7, 11) is 0. The molecular weight excluding hydrogens is 446 g/mol. The van der Waals surface area contributed by atoms with E-state index in [1.807, 2.05) is 44.2 Å². The molecule has 1 atom stereocenters. The average Bonchev–Trinajstić information content (AvgIpc) is 3.48. The number of hydrogen-bond donors (Lipinski definition) is 2. The van der Waals surface area contributed by atoms with Crippen molar-refractivity contribution in [3.8, 4) is 11.3 Å². The molecule has 2 N–H and O–H groups in total. The van der Waals surface area contributed by atoms with Crippen molar-refractivity contribution >= 4 is 23.4 Å². The Labute approximate surface area is 202 Å². The molecule has 11 nitrogen and oxygen atoms in total. The third kappa shape index (κ3) is 4.30. The van der Waals surface area contributed by atoms with Gasteiger partial charge in [0.15, 0.2) is 11.6 Å². The number of ether oxygens (including phenoxy) is 1. The fourth-order valence-electron chi connectivity index (χ4n) is 4.43. The number of nitrogens with zero attached hydrogens (tertiary/aromatic N) is 7. The largest absolute Gasteiger partial charge is 0.378 e. The van der Waals surface area contributed by atoms with Crippen LogP contribution < -0.4 is 15.1 Å². The lowest BCUT2D eigenvalue weighted by atomic mass is 10.00. The maximum atomic E-state index is 5.77. The van der Waals surface area contributed by atoms with Gasteiger partial charge >= 0.3 is 0 Å². The van der Waals surface area contributed by atoms with E-state index in [1.165, 1.54) is 0 Å². The molecule has 4 aromatic rings. The standard InChI is InChI=1S/C24H27N9O2/c1-15-12-22(30-29-15)26-21-14-23(32-8-10-34-11-9-32)28-24(27-21)33-7-5-19(33)20-13-18(31-35-20)17-4-3-6-25-16(17)2/h3-4,6,12-14,19H,5,7-11H2,1-2H3,(H2,26,27,28,29,30). The summed E-state index contributed by atoms with van der Waals surface area (Å²) in [5.41, 5.74) is 3.66. The van der Waals surface area contributed by atoms with E-state index in [9.17, 15) is 0 Å². The molecule has 0 aliphatic carbocycles. The molecule has 2 aliphatic rings. The predicted octanol–water partition coefficient (Wildman–Crippen LogP) is 3.40. The SMILES string of the molecule is Cc1cc(Nc2cc(N3CCOCC3)nc(N3CCC3c3cc(-c4cccnc4C)no3)n2)n[nH]1. The van der Waals surface area contributed by atoms with Crippen LogP contribution >= 0.6 is 0 Å². The lowest BCUT2D eigenvalue weighted by Crippen LogP contribution is -2.42. The van der Waals surface area contributed by atoms with Crippen molar-refractivity contribution in [3.05, 3.63) is 53.7 Å². The number of rotatable bonds is 6. The molecule has 35 heavy (non-hydrogen) atoms. The van der Waals surface area contributed by atoms with Crippen molar-refractivity contribution in [2.24, 2.45) is 0 Å². The van der Waals surface area contributed by atoms with Crippen molar-refractivity contribution in [1.29, 1.82) is 0 Å². The van der Waals surface area contributed by atoms with Crippen LogP contribution in [0, 0.1) is 13.8 Å². The van der Waals surface area contributed by atoms with Gasteiger partial charge in [-0.25, -0.2) is 0 Å². The van der Waals surface area contributed by atoms with Crippen LogP contribution in [0.15, 0.2) is 41.1 Å². The molecule has 2 saturated heterocycles. The Balaban J connectivity index is 1.30. The van der Waals surface area contributed by atoms with Gasteiger partial charge in [0.25, 0.3) is 0 Å². The minimum Gasteiger partial charge on any atom is -0.378 e. The normalized spacial score (nSPS) is 17.9. The van der Waals surface area contributed by atoms with Crippen LogP contribution in [0.3, 0.4) is 0 Å². The second kappa shape index (κ2) is 8.99. The number of aryl methyl sites for hydroxylation is 2. The summed E-state index contributed by atoms with van der Waals surface area (Å²) in [6, 6.07) is 9.84. The van der Waals surface area contributed by atoms with Gasteiger partial charge in [0.1, 0.15) is 17.3 Å². The maximum absolute atomic E-state index is 5.77. The summed E-state index contributed by atoms with van der Waals surface area (Å²) >= 11 is 0. The Morgan fingerprint density at radius 2 is 1.94 bits per heavy atom. The Morgan fingerprint density at radius 3 is 2.69 bits per heavy atom. The fourth-order valence-corrected chi connectivity index (χ4v) is 4.43. The van der Waals surface area contributed by atoms with Crippen LogP contribution in [0.1, 0.15) is 29.6 Å². The Hall–Kier alpha value is -3.99. The predicted molar refractivity (Wildman–Crippen MR) is 131 cm³/mol. The molecule has 6 heterocycles. The first-order valence-corrected chi connectivity index (χ1v) is 11.8. The highest BCUT2D eigenvalue weighted by atomic mass is 16.5. The number of aromatic nitrogens is 6. The first kappa shape index (κ1) is 21.5. The van der Waals surface area contributed by atoms with Gasteiger partial charge in [-0.2, -0.15) is 15.1 Å². The highest BCUT2D eigenvalue weighted by molar-refractivity contribution is 5.63. The molecule has 0 radical (unpaired) electrons. The van der Waals surface area contributed by atoms with E-state index in [0.29, 0.717) is 30.8 Å². The Morgan fingerprint density at radius 1 is 1.06 bits per heavy atom. The van der Waals surface area contributed by atoms with E-state index in [4.69, 9.17) is 19.2 Å². The fraction of sp³-hybridized carbons (Fsp3) is 0.375. The van der Waals surface area contributed by atoms with Crippen LogP contribution in [0.25, 0.3) is 11.3 Å². The Bertz CT molecular complexity index is 1330. The van der Waals surface area contributed by atoms with Crippen molar-refractivity contribution in [3.63, 3.8) is 0 Å². The molecule has 180 valence electrons. The van der Waals surface area contributed by atoms with Crippen LogP contribution in [0.4, 0.5) is 23.4 Å². The zero-order valence-electron chi connectivity index (χ0n) is 19.7. The first-order chi connectivity index (χ1) is 17.1. The van der Waals surface area contributed by atoms with E-state index in [-0.39, 0.29) is 6.04 Å². The topological polar surface area (TPSA) is 121 Å². The molecule has 2 aliphatic heterocycles. The number of nitrogens with one attached hydrogen (secondary N) is 2. The molecule has 0 bridgehead atoms. The van der Waals surface area contributed by atoms with Gasteiger partial charge < -0.3 is 24.4 Å². The van der Waals surface area contributed by atoms with Crippen molar-refractivity contribution in [2.75, 3.05) is 48.0 Å². The summed E-state index contributed by atoms with van der Waals surface area (Å²) < 4.78 is 11.3. The van der Waals surface area contributed by atoms with Gasteiger partial charge in [0.05, 0.1) is 19.3 Å². The van der Waals surface area contributed by atoms with Crippen LogP contribution in [-0.4, -0.2) is 63.2 Å². The molecular formula is C24H27N9O2. The van der Waals surface area contributed by atoms with Crippen molar-refractivity contribution in [1.82, 2.24) is 30.3 Å². The summed E-state index contributed by atoms with van der Waals surface area (Å²) in [5.74, 6) is 3.72. The van der Waals surface area contributed by atoms with Gasteiger partial charge in [-0.3, -0.25) is 10.1 Å². The molecule has 0 aromatic carbocycles. The van der Waals surface area contributed by atoms with Crippen LogP contribution in [0.5, 0.6) is 0 Å². The molecule has 6 rings (SSSR count). The number of morpholine rings is 1. The second-order valence-corrected chi connectivity index (χ2v) is 8.82. The van der Waals surface area contributed by atoms with E-state index in [1.54, 1.807) is 6.20 Å². The minimum absolute atomic E-state index is 0.0219. The van der Waals surface area contributed by atoms with Gasteiger partial charge in [0.2, 0.25) is 5.95 Å². The van der Waals surface area contributed by atoms with E-state index >= 15 is 0 Å². The molecule has 2 fully saturated rings. The molecule has 11 heteroatoms. The van der Waals surface area contributed by atoms with Gasteiger partial charge in [-0.05, 0) is 32.4 Å². The monoisotopic (exact) mass is 473 g/mol. The average molecular weight is 474 g/mol. The van der Waals surface area contributed by atoms with E-state index in [0.717, 1.165) is 60.3 Å². The quantitative estimate of drug-likeness (QED) is 0.431. The van der Waals surface area contributed by atoms with Gasteiger partial charge in [0, 0.05) is 61.0 Å². The molecule has 0 saturated carbocycles. The third-order valence-corrected chi connectivity index (χ3v) is 6.41. The van der Waals surface area contributed by atoms with E-state index in [2.05, 4.69) is 35.5 Å². The van der Waals surface area contributed by atoms with Crippen molar-refractivity contribution in [2.45, 2.75) is 26.3 Å². The second-order valence-electron chi connectivity index (χ2n) is 8.82. The zero-order valence-corrected chi connectivity index (χ0v) is 19.7. The summed E-state index contributed by atoms with van der Waals surface area (Å²) in [6.07, 6.45) is 2.72. The lowest BCUT2D eigenvalue weighted by molar-refractivity contribution is 0.122. The van der Waals surface area contributed by atoms with Crippen LogP contribution in [-0.2, 0) is 4.74 Å². The van der Waals surface area contributed by atoms with Gasteiger partial charge in [-0.15, -0.1) is 0 Å². The smallest absolute Gasteiger partial charge is 0.229 e. The van der Waals surface area contributed by atoms with E-state index < -0.39 is 0 Å². The number of pyridine rings is 1. The minimum atomic E-state index is 0.0219. The summed E-state index contributed by atoms with van der Waals surface area (Å²) in [6.45, 7) is 7.71. The third-order valence-electron chi connectivity index (χ3n) is 6.41. The lowest BCUT2D eigenvalue weighted by Gasteiger charge is -2.40. The highest BCUT2D eigenvalue weighted by Gasteiger charge is 2.35. The maximum Gasteiger partial charge on any atom is 0.229 e.